The Morgan fingerprint density at radius 2 is 1.86 bits per heavy atom. The second-order valence-corrected chi connectivity index (χ2v) is 7.15. The molecule has 2 aromatic carbocycles. The molecule has 3 aromatic rings. The third-order valence-electron chi connectivity index (χ3n) is 3.16. The first-order valence-corrected chi connectivity index (χ1v) is 7.98. The van der Waals surface area contributed by atoms with Crippen molar-refractivity contribution in [2.75, 3.05) is 0 Å². The van der Waals surface area contributed by atoms with Crippen LogP contribution < -0.4 is 5.32 Å². The van der Waals surface area contributed by atoms with Crippen molar-refractivity contribution in [1.82, 2.24) is 5.32 Å². The van der Waals surface area contributed by atoms with E-state index in [-0.39, 0.29) is 11.7 Å². The smallest absolute Gasteiger partial charge is 0.255 e. The lowest BCUT2D eigenvalue weighted by Crippen LogP contribution is -2.22. The van der Waals surface area contributed by atoms with Crippen LogP contribution in [-0.2, 0) is 6.54 Å². The quantitative estimate of drug-likeness (QED) is 0.730. The lowest BCUT2D eigenvalue weighted by atomic mass is 10.1. The molecular weight excluding hydrogens is 350 g/mol. The maximum absolute atomic E-state index is 12.2. The number of halogens is 1. The van der Waals surface area contributed by atoms with Crippen LogP contribution in [0, 0.1) is 0 Å². The number of carbonyl (C=O) groups is 1. The van der Waals surface area contributed by atoms with E-state index in [0.717, 1.165) is 19.4 Å². The van der Waals surface area contributed by atoms with Gasteiger partial charge in [0.15, 0.2) is 0 Å². The molecule has 0 radical (unpaired) electrons. The van der Waals surface area contributed by atoms with E-state index in [4.69, 9.17) is 0 Å². The Bertz CT molecular complexity index is 813. The van der Waals surface area contributed by atoms with Crippen molar-refractivity contribution in [1.29, 1.82) is 0 Å². The molecule has 3 rings (SSSR count). The van der Waals surface area contributed by atoms with E-state index >= 15 is 0 Å². The number of aromatic hydroxyl groups is 1. The number of hydrogen-bond donors (Lipinski definition) is 2. The Morgan fingerprint density at radius 3 is 2.52 bits per heavy atom. The molecule has 2 N–H and O–H groups in total. The van der Waals surface area contributed by atoms with Gasteiger partial charge in [-0.3, -0.25) is 4.79 Å². The first kappa shape index (κ1) is 14.1. The highest BCUT2D eigenvalue weighted by Gasteiger charge is 2.12. The average Bonchev–Trinajstić information content (AvgIpc) is 2.89. The lowest BCUT2D eigenvalue weighted by Gasteiger charge is -2.07. The fraction of sp³-hybridized carbons (Fsp3) is 0.0625. The molecule has 1 heterocycles. The second-order valence-electron chi connectivity index (χ2n) is 4.61. The van der Waals surface area contributed by atoms with Crippen molar-refractivity contribution in [3.05, 3.63) is 62.8 Å². The summed E-state index contributed by atoms with van der Waals surface area (Å²) >= 11 is 4.96. The standard InChI is InChI=1S/C16H12BrNO2S/c17-15-6-5-12(21-15)9-18-16(20)13-7-10-3-1-2-4-11(10)8-14(13)19/h1-8,19H,9H2,(H,18,20). The summed E-state index contributed by atoms with van der Waals surface area (Å²) in [5.41, 5.74) is 0.296. The summed E-state index contributed by atoms with van der Waals surface area (Å²) in [5, 5.41) is 14.7. The van der Waals surface area contributed by atoms with Gasteiger partial charge in [-0.05, 0) is 51.0 Å². The van der Waals surface area contributed by atoms with Crippen LogP contribution in [0.2, 0.25) is 0 Å². The minimum Gasteiger partial charge on any atom is -0.507 e. The van der Waals surface area contributed by atoms with Crippen LogP contribution in [0.5, 0.6) is 5.75 Å². The van der Waals surface area contributed by atoms with Gasteiger partial charge in [-0.2, -0.15) is 0 Å². The van der Waals surface area contributed by atoms with Crippen LogP contribution in [0.3, 0.4) is 0 Å². The van der Waals surface area contributed by atoms with E-state index in [1.54, 1.807) is 23.5 Å². The third-order valence-corrected chi connectivity index (χ3v) is 4.78. The molecule has 3 nitrogen and oxygen atoms in total. The molecule has 0 bridgehead atoms. The zero-order chi connectivity index (χ0) is 14.8. The van der Waals surface area contributed by atoms with Crippen LogP contribution in [0.15, 0.2) is 52.3 Å². The minimum absolute atomic E-state index is 0.00133. The Hall–Kier alpha value is -1.85. The molecule has 0 spiro atoms. The number of fused-ring (bicyclic) bond motifs is 1. The number of amides is 1. The van der Waals surface area contributed by atoms with Gasteiger partial charge in [0.2, 0.25) is 0 Å². The van der Waals surface area contributed by atoms with E-state index < -0.39 is 0 Å². The van der Waals surface area contributed by atoms with Gasteiger partial charge in [-0.25, -0.2) is 0 Å². The van der Waals surface area contributed by atoms with Gasteiger partial charge in [0.1, 0.15) is 5.75 Å². The molecule has 0 fully saturated rings. The zero-order valence-electron chi connectivity index (χ0n) is 11.0. The van der Waals surface area contributed by atoms with Crippen LogP contribution >= 0.6 is 27.3 Å². The van der Waals surface area contributed by atoms with Gasteiger partial charge in [0.25, 0.3) is 5.91 Å². The van der Waals surface area contributed by atoms with Crippen molar-refractivity contribution < 1.29 is 9.90 Å². The Labute approximate surface area is 134 Å². The summed E-state index contributed by atoms with van der Waals surface area (Å²) in [6.45, 7) is 0.446. The molecule has 0 aliphatic carbocycles. The molecule has 0 aliphatic heterocycles. The molecule has 0 aliphatic rings. The number of rotatable bonds is 3. The normalized spacial score (nSPS) is 10.7. The fourth-order valence-electron chi connectivity index (χ4n) is 2.12. The molecule has 1 amide bonds. The first-order valence-electron chi connectivity index (χ1n) is 6.37. The number of phenols is 1. The van der Waals surface area contributed by atoms with Gasteiger partial charge in [-0.15, -0.1) is 11.3 Å². The van der Waals surface area contributed by atoms with Gasteiger partial charge in [0, 0.05) is 4.88 Å². The van der Waals surface area contributed by atoms with E-state index in [1.807, 2.05) is 36.4 Å². The van der Waals surface area contributed by atoms with Crippen molar-refractivity contribution in [3.8, 4) is 5.75 Å². The van der Waals surface area contributed by atoms with Crippen molar-refractivity contribution in [2.24, 2.45) is 0 Å². The van der Waals surface area contributed by atoms with Gasteiger partial charge < -0.3 is 10.4 Å². The number of carbonyl (C=O) groups excluding carboxylic acids is 1. The first-order chi connectivity index (χ1) is 10.1. The van der Waals surface area contributed by atoms with E-state index in [0.29, 0.717) is 12.1 Å². The SMILES string of the molecule is O=C(NCc1ccc(Br)s1)c1cc2ccccc2cc1O. The fourth-order valence-corrected chi connectivity index (χ4v) is 3.54. The summed E-state index contributed by atoms with van der Waals surface area (Å²) in [4.78, 5) is 13.3. The van der Waals surface area contributed by atoms with Crippen molar-refractivity contribution >= 4 is 43.9 Å². The summed E-state index contributed by atoms with van der Waals surface area (Å²) < 4.78 is 1.03. The Balaban J connectivity index is 1.82. The molecule has 1 aromatic heterocycles. The number of nitrogens with one attached hydrogen (secondary N) is 1. The number of thiophene rings is 1. The molecule has 0 atom stereocenters. The van der Waals surface area contributed by atoms with Crippen molar-refractivity contribution in [3.63, 3.8) is 0 Å². The number of hydrogen-bond acceptors (Lipinski definition) is 3. The van der Waals surface area contributed by atoms with Crippen LogP contribution in [0.1, 0.15) is 15.2 Å². The van der Waals surface area contributed by atoms with Crippen LogP contribution in [0.4, 0.5) is 0 Å². The maximum atomic E-state index is 12.2. The van der Waals surface area contributed by atoms with Crippen molar-refractivity contribution in [2.45, 2.75) is 6.54 Å². The van der Waals surface area contributed by atoms with Gasteiger partial charge >= 0.3 is 0 Å². The number of benzene rings is 2. The second kappa shape index (κ2) is 5.87. The van der Waals surface area contributed by atoms with E-state index in [1.165, 1.54) is 0 Å². The molecule has 21 heavy (non-hydrogen) atoms. The largest absolute Gasteiger partial charge is 0.507 e. The highest BCUT2D eigenvalue weighted by Crippen LogP contribution is 2.25. The summed E-state index contributed by atoms with van der Waals surface area (Å²) in [7, 11) is 0. The summed E-state index contributed by atoms with van der Waals surface area (Å²) in [5.74, 6) is -0.277. The minimum atomic E-state index is -0.275. The number of phenolic OH excluding ortho intramolecular Hbond substituents is 1. The van der Waals surface area contributed by atoms with Gasteiger partial charge in [0.05, 0.1) is 15.9 Å². The molecule has 0 saturated heterocycles. The molecule has 106 valence electrons. The maximum Gasteiger partial charge on any atom is 0.255 e. The predicted molar refractivity (Wildman–Crippen MR) is 88.8 cm³/mol. The third kappa shape index (κ3) is 3.09. The van der Waals surface area contributed by atoms with E-state index in [2.05, 4.69) is 21.2 Å². The lowest BCUT2D eigenvalue weighted by molar-refractivity contribution is 0.0949. The Morgan fingerprint density at radius 1 is 1.14 bits per heavy atom. The zero-order valence-corrected chi connectivity index (χ0v) is 13.4. The summed E-state index contributed by atoms with van der Waals surface area (Å²) in [6.07, 6.45) is 0. The topological polar surface area (TPSA) is 49.3 Å². The van der Waals surface area contributed by atoms with Crippen LogP contribution in [0.25, 0.3) is 10.8 Å². The average molecular weight is 362 g/mol. The molecule has 0 saturated carbocycles. The van der Waals surface area contributed by atoms with Crippen LogP contribution in [-0.4, -0.2) is 11.0 Å². The summed E-state index contributed by atoms with van der Waals surface area (Å²) in [6, 6.07) is 14.9. The molecular formula is C16H12BrNO2S. The van der Waals surface area contributed by atoms with Gasteiger partial charge in [-0.1, -0.05) is 24.3 Å². The predicted octanol–water partition coefficient (Wildman–Crippen LogP) is 4.30. The Kier molecular flexibility index (Phi) is 3.94. The monoisotopic (exact) mass is 361 g/mol. The molecule has 0 unspecified atom stereocenters. The highest BCUT2D eigenvalue weighted by molar-refractivity contribution is 9.11. The highest BCUT2D eigenvalue weighted by atomic mass is 79.9. The van der Waals surface area contributed by atoms with E-state index in [9.17, 15) is 9.90 Å². The molecule has 5 heteroatoms.